The predicted octanol–water partition coefficient (Wildman–Crippen LogP) is 2.77. The van der Waals surface area contributed by atoms with Crippen LogP contribution in [-0.2, 0) is 19.5 Å². The Hall–Kier alpha value is -2.73. The molecule has 6 nitrogen and oxygen atoms in total. The minimum atomic E-state index is 0.665. The lowest BCUT2D eigenvalue weighted by Gasteiger charge is -2.29. The second-order valence-corrected chi connectivity index (χ2v) is 7.52. The predicted molar refractivity (Wildman–Crippen MR) is 107 cm³/mol. The molecule has 2 aliphatic rings. The van der Waals surface area contributed by atoms with Gasteiger partial charge in [-0.2, -0.15) is 4.98 Å². The fourth-order valence-electron chi connectivity index (χ4n) is 4.18. The molecule has 2 N–H and O–H groups in total. The Morgan fingerprint density at radius 2 is 1.93 bits per heavy atom. The van der Waals surface area contributed by atoms with Gasteiger partial charge in [0.25, 0.3) is 0 Å². The highest BCUT2D eigenvalue weighted by molar-refractivity contribution is 5.78. The van der Waals surface area contributed by atoms with Crippen molar-refractivity contribution < 1.29 is 0 Å². The third kappa shape index (κ3) is 3.21. The fraction of sp³-hybridized carbons (Fsp3) is 0.381. The van der Waals surface area contributed by atoms with E-state index in [4.69, 9.17) is 10.7 Å². The quantitative estimate of drug-likeness (QED) is 0.774. The average Bonchev–Trinajstić information content (AvgIpc) is 3.22. The minimum absolute atomic E-state index is 0.665. The summed E-state index contributed by atoms with van der Waals surface area (Å²) in [5.74, 6) is 1.47. The molecular weight excluding hydrogens is 336 g/mol. The van der Waals surface area contributed by atoms with Crippen molar-refractivity contribution in [3.05, 3.63) is 53.3 Å². The molecule has 0 unspecified atom stereocenters. The number of hydrogen-bond donors (Lipinski definition) is 1. The molecule has 0 radical (unpaired) electrons. The molecule has 1 aromatic carbocycles. The van der Waals surface area contributed by atoms with Crippen LogP contribution in [0, 0.1) is 0 Å². The summed E-state index contributed by atoms with van der Waals surface area (Å²) in [5, 5.41) is 1.19. The zero-order valence-electron chi connectivity index (χ0n) is 15.4. The van der Waals surface area contributed by atoms with E-state index in [2.05, 4.69) is 44.0 Å². The zero-order chi connectivity index (χ0) is 18.2. The maximum Gasteiger partial charge on any atom is 0.227 e. The number of nitrogens with zero attached hydrogens (tertiary/aromatic N) is 5. The summed E-state index contributed by atoms with van der Waals surface area (Å²) in [4.78, 5) is 18.6. The standard InChI is InChI=1S/C21H24N6/c22-20-17-7-11-26(13-15-5-6-18-16(12-15)4-3-8-23-18)14-19(17)24-21(25-20)27-9-1-2-10-27/h3-6,8,12H,1-2,7,9-11,13-14H2,(H2,22,24,25). The lowest BCUT2D eigenvalue weighted by Crippen LogP contribution is -2.32. The number of pyridine rings is 1. The highest BCUT2D eigenvalue weighted by Crippen LogP contribution is 2.27. The topological polar surface area (TPSA) is 71.2 Å². The van der Waals surface area contributed by atoms with E-state index in [0.717, 1.165) is 61.9 Å². The SMILES string of the molecule is Nc1nc(N2CCCC2)nc2c1CCN(Cc1ccc3ncccc3c1)C2. The van der Waals surface area contributed by atoms with Crippen molar-refractivity contribution in [2.45, 2.75) is 32.4 Å². The summed E-state index contributed by atoms with van der Waals surface area (Å²) in [6.07, 6.45) is 5.18. The van der Waals surface area contributed by atoms with Gasteiger partial charge < -0.3 is 10.6 Å². The van der Waals surface area contributed by atoms with Crippen molar-refractivity contribution >= 4 is 22.7 Å². The first kappa shape index (κ1) is 16.4. The van der Waals surface area contributed by atoms with Crippen LogP contribution in [0.1, 0.15) is 29.7 Å². The molecule has 0 aliphatic carbocycles. The summed E-state index contributed by atoms with van der Waals surface area (Å²) in [6.45, 7) is 4.79. The van der Waals surface area contributed by atoms with E-state index in [1.807, 2.05) is 12.3 Å². The first-order valence-electron chi connectivity index (χ1n) is 9.72. The molecule has 6 heteroatoms. The number of benzene rings is 1. The zero-order valence-corrected chi connectivity index (χ0v) is 15.4. The number of rotatable bonds is 3. The van der Waals surface area contributed by atoms with Crippen molar-refractivity contribution in [2.75, 3.05) is 30.3 Å². The third-order valence-corrected chi connectivity index (χ3v) is 5.63. The summed E-state index contributed by atoms with van der Waals surface area (Å²) < 4.78 is 0. The van der Waals surface area contributed by atoms with Crippen LogP contribution in [0.2, 0.25) is 0 Å². The van der Waals surface area contributed by atoms with Crippen molar-refractivity contribution in [2.24, 2.45) is 0 Å². The van der Waals surface area contributed by atoms with Crippen LogP contribution in [0.15, 0.2) is 36.5 Å². The van der Waals surface area contributed by atoms with E-state index in [1.165, 1.54) is 23.8 Å². The normalized spacial score (nSPS) is 17.4. The summed E-state index contributed by atoms with van der Waals surface area (Å²) >= 11 is 0. The maximum absolute atomic E-state index is 6.27. The molecule has 0 spiro atoms. The van der Waals surface area contributed by atoms with E-state index in [1.54, 1.807) is 0 Å². The first-order valence-corrected chi connectivity index (χ1v) is 9.72. The molecule has 0 atom stereocenters. The fourth-order valence-corrected chi connectivity index (χ4v) is 4.18. The number of nitrogens with two attached hydrogens (primary N) is 1. The minimum Gasteiger partial charge on any atom is -0.383 e. The number of aromatic nitrogens is 3. The summed E-state index contributed by atoms with van der Waals surface area (Å²) in [5.41, 5.74) is 10.8. The van der Waals surface area contributed by atoms with Gasteiger partial charge in [-0.25, -0.2) is 4.98 Å². The second-order valence-electron chi connectivity index (χ2n) is 7.52. The highest BCUT2D eigenvalue weighted by Gasteiger charge is 2.24. The number of fused-ring (bicyclic) bond motifs is 2. The molecule has 0 bridgehead atoms. The van der Waals surface area contributed by atoms with Gasteiger partial charge in [0.05, 0.1) is 11.2 Å². The molecule has 3 aromatic rings. The molecule has 1 saturated heterocycles. The molecular formula is C21H24N6. The second kappa shape index (κ2) is 6.78. The van der Waals surface area contributed by atoms with Gasteiger partial charge >= 0.3 is 0 Å². The Morgan fingerprint density at radius 1 is 1.04 bits per heavy atom. The Kier molecular flexibility index (Phi) is 4.13. The van der Waals surface area contributed by atoms with Crippen LogP contribution in [0.5, 0.6) is 0 Å². The van der Waals surface area contributed by atoms with E-state index in [0.29, 0.717) is 5.82 Å². The average molecular weight is 360 g/mol. The maximum atomic E-state index is 6.27. The highest BCUT2D eigenvalue weighted by atomic mass is 15.3. The van der Waals surface area contributed by atoms with Crippen molar-refractivity contribution in [3.63, 3.8) is 0 Å². The van der Waals surface area contributed by atoms with Gasteiger partial charge in [0.1, 0.15) is 5.82 Å². The van der Waals surface area contributed by atoms with Gasteiger partial charge in [-0.05, 0) is 43.0 Å². The Bertz CT molecular complexity index is 980. The van der Waals surface area contributed by atoms with Crippen LogP contribution >= 0.6 is 0 Å². The van der Waals surface area contributed by atoms with Gasteiger partial charge in [0.2, 0.25) is 5.95 Å². The van der Waals surface area contributed by atoms with E-state index >= 15 is 0 Å². The van der Waals surface area contributed by atoms with Crippen LogP contribution in [-0.4, -0.2) is 39.5 Å². The monoisotopic (exact) mass is 360 g/mol. The molecule has 2 aliphatic heterocycles. The number of hydrogen-bond acceptors (Lipinski definition) is 6. The van der Waals surface area contributed by atoms with E-state index in [-0.39, 0.29) is 0 Å². The van der Waals surface area contributed by atoms with Crippen molar-refractivity contribution in [1.29, 1.82) is 0 Å². The molecule has 138 valence electrons. The van der Waals surface area contributed by atoms with Gasteiger partial charge in [-0.15, -0.1) is 0 Å². The van der Waals surface area contributed by atoms with Crippen molar-refractivity contribution in [1.82, 2.24) is 19.9 Å². The molecule has 27 heavy (non-hydrogen) atoms. The molecule has 1 fully saturated rings. The number of anilines is 2. The van der Waals surface area contributed by atoms with Gasteiger partial charge in [-0.3, -0.25) is 9.88 Å². The third-order valence-electron chi connectivity index (χ3n) is 5.63. The van der Waals surface area contributed by atoms with Gasteiger partial charge in [-0.1, -0.05) is 12.1 Å². The van der Waals surface area contributed by atoms with Crippen LogP contribution in [0.4, 0.5) is 11.8 Å². The summed E-state index contributed by atoms with van der Waals surface area (Å²) in [7, 11) is 0. The van der Waals surface area contributed by atoms with E-state index < -0.39 is 0 Å². The molecule has 0 amide bonds. The molecule has 0 saturated carbocycles. The smallest absolute Gasteiger partial charge is 0.227 e. The molecule has 5 rings (SSSR count). The van der Waals surface area contributed by atoms with Crippen LogP contribution in [0.3, 0.4) is 0 Å². The Balaban J connectivity index is 1.37. The van der Waals surface area contributed by atoms with E-state index in [9.17, 15) is 0 Å². The lowest BCUT2D eigenvalue weighted by molar-refractivity contribution is 0.241. The van der Waals surface area contributed by atoms with Crippen LogP contribution < -0.4 is 10.6 Å². The molecule has 2 aromatic heterocycles. The molecule has 4 heterocycles. The first-order chi connectivity index (χ1) is 13.3. The van der Waals surface area contributed by atoms with Gasteiger partial charge in [0.15, 0.2) is 0 Å². The van der Waals surface area contributed by atoms with Crippen LogP contribution in [0.25, 0.3) is 10.9 Å². The lowest BCUT2D eigenvalue weighted by atomic mass is 10.0. The number of nitrogen functional groups attached to an aromatic ring is 1. The van der Waals surface area contributed by atoms with Gasteiger partial charge in [0, 0.05) is 49.9 Å². The van der Waals surface area contributed by atoms with Crippen molar-refractivity contribution in [3.8, 4) is 0 Å². The Labute approximate surface area is 159 Å². The Morgan fingerprint density at radius 3 is 2.81 bits per heavy atom. The summed E-state index contributed by atoms with van der Waals surface area (Å²) in [6, 6.07) is 10.6. The largest absolute Gasteiger partial charge is 0.383 e.